The number of benzene rings is 1. The highest BCUT2D eigenvalue weighted by Crippen LogP contribution is 2.34. The summed E-state index contributed by atoms with van der Waals surface area (Å²) >= 11 is 0. The van der Waals surface area contributed by atoms with E-state index in [-0.39, 0.29) is 11.5 Å². The van der Waals surface area contributed by atoms with E-state index in [4.69, 9.17) is 9.15 Å². The maximum absolute atomic E-state index is 11.9. The lowest BCUT2D eigenvalue weighted by atomic mass is 10.0. The van der Waals surface area contributed by atoms with Crippen molar-refractivity contribution in [2.24, 2.45) is 0 Å². The molecule has 1 aliphatic rings. The monoisotopic (exact) mass is 258 g/mol. The summed E-state index contributed by atoms with van der Waals surface area (Å²) in [6.07, 6.45) is 2.54. The molecule has 1 aromatic carbocycles. The predicted molar refractivity (Wildman–Crippen MR) is 69.9 cm³/mol. The van der Waals surface area contributed by atoms with Gasteiger partial charge < -0.3 is 14.3 Å². The van der Waals surface area contributed by atoms with Gasteiger partial charge in [0.1, 0.15) is 17.1 Å². The first-order valence-corrected chi connectivity index (χ1v) is 6.08. The fourth-order valence-electron chi connectivity index (χ4n) is 2.14. The highest BCUT2D eigenvalue weighted by atomic mass is 16.5. The van der Waals surface area contributed by atoms with Crippen molar-refractivity contribution in [3.63, 3.8) is 0 Å². The van der Waals surface area contributed by atoms with E-state index in [0.29, 0.717) is 11.3 Å². The molecular formula is C15H14O4. The summed E-state index contributed by atoms with van der Waals surface area (Å²) in [5, 5.41) is 10.2. The molecule has 2 aromatic rings. The quantitative estimate of drug-likeness (QED) is 0.853. The van der Waals surface area contributed by atoms with Crippen LogP contribution in [0.3, 0.4) is 0 Å². The standard InChI is InChI=1S/C15H14O4/c1-15(2)6-5-11(17)14(19-15)13-7-9-3-4-10(16)8-12(9)18-13/h3-8,14,16H,1-2H3. The molecule has 0 amide bonds. The molecule has 1 aliphatic heterocycles. The molecule has 0 spiro atoms. The summed E-state index contributed by atoms with van der Waals surface area (Å²) in [5.74, 6) is 0.454. The number of carbonyl (C=O) groups excluding carboxylic acids is 1. The van der Waals surface area contributed by atoms with Crippen LogP contribution in [0, 0.1) is 0 Å². The average molecular weight is 258 g/mol. The van der Waals surface area contributed by atoms with Crippen LogP contribution < -0.4 is 0 Å². The van der Waals surface area contributed by atoms with E-state index in [0.717, 1.165) is 5.39 Å². The normalized spacial score (nSPS) is 22.0. The van der Waals surface area contributed by atoms with Crippen molar-refractivity contribution >= 4 is 16.8 Å². The lowest BCUT2D eigenvalue weighted by molar-refractivity contribution is -0.138. The Morgan fingerprint density at radius 3 is 2.84 bits per heavy atom. The first kappa shape index (κ1) is 12.0. The summed E-state index contributed by atoms with van der Waals surface area (Å²) in [4.78, 5) is 11.9. The number of phenols is 1. The summed E-state index contributed by atoms with van der Waals surface area (Å²) in [6.45, 7) is 3.77. The van der Waals surface area contributed by atoms with Gasteiger partial charge in [0.2, 0.25) is 0 Å². The Morgan fingerprint density at radius 1 is 1.26 bits per heavy atom. The molecule has 0 fully saturated rings. The number of aromatic hydroxyl groups is 1. The second kappa shape index (κ2) is 3.96. The van der Waals surface area contributed by atoms with Gasteiger partial charge in [0.05, 0.1) is 5.60 Å². The number of rotatable bonds is 1. The van der Waals surface area contributed by atoms with Gasteiger partial charge in [-0.15, -0.1) is 0 Å². The number of ether oxygens (including phenoxy) is 1. The molecule has 0 radical (unpaired) electrons. The molecule has 1 atom stereocenters. The van der Waals surface area contributed by atoms with Crippen molar-refractivity contribution in [3.05, 3.63) is 42.2 Å². The lowest BCUT2D eigenvalue weighted by Gasteiger charge is -2.29. The van der Waals surface area contributed by atoms with E-state index >= 15 is 0 Å². The largest absolute Gasteiger partial charge is 0.508 e. The van der Waals surface area contributed by atoms with Gasteiger partial charge in [-0.3, -0.25) is 4.79 Å². The van der Waals surface area contributed by atoms with Gasteiger partial charge in [0, 0.05) is 11.5 Å². The minimum Gasteiger partial charge on any atom is -0.508 e. The van der Waals surface area contributed by atoms with Crippen LogP contribution in [0.4, 0.5) is 0 Å². The molecule has 4 heteroatoms. The van der Waals surface area contributed by atoms with Crippen LogP contribution in [0.25, 0.3) is 11.0 Å². The molecule has 98 valence electrons. The Labute approximate surface area is 110 Å². The Bertz CT molecular complexity index is 679. The average Bonchev–Trinajstić information content (AvgIpc) is 2.75. The number of ketones is 1. The molecule has 0 bridgehead atoms. The third-order valence-electron chi connectivity index (χ3n) is 3.11. The van der Waals surface area contributed by atoms with Crippen molar-refractivity contribution in [1.29, 1.82) is 0 Å². The molecule has 0 saturated heterocycles. The summed E-state index contributed by atoms with van der Waals surface area (Å²) in [6, 6.07) is 6.61. The van der Waals surface area contributed by atoms with Crippen LogP contribution in [0.5, 0.6) is 5.75 Å². The zero-order valence-corrected chi connectivity index (χ0v) is 10.7. The Kier molecular flexibility index (Phi) is 2.50. The Balaban J connectivity index is 2.04. The SMILES string of the molecule is CC1(C)C=CC(=O)C(c2cc3ccc(O)cc3o2)O1. The van der Waals surface area contributed by atoms with Gasteiger partial charge in [-0.05, 0) is 44.2 Å². The topological polar surface area (TPSA) is 59.7 Å². The molecule has 0 aliphatic carbocycles. The zero-order chi connectivity index (χ0) is 13.6. The minimum atomic E-state index is -0.727. The van der Waals surface area contributed by atoms with E-state index in [1.54, 1.807) is 24.3 Å². The van der Waals surface area contributed by atoms with Gasteiger partial charge in [-0.2, -0.15) is 0 Å². The molecule has 3 rings (SSSR count). The molecule has 1 unspecified atom stereocenters. The highest BCUT2D eigenvalue weighted by molar-refractivity contribution is 5.95. The second-order valence-electron chi connectivity index (χ2n) is 5.21. The number of phenolic OH excluding ortho intramolecular Hbond substituents is 1. The van der Waals surface area contributed by atoms with E-state index in [2.05, 4.69) is 0 Å². The van der Waals surface area contributed by atoms with Crippen molar-refractivity contribution in [2.45, 2.75) is 25.6 Å². The van der Waals surface area contributed by atoms with Crippen LogP contribution in [-0.2, 0) is 9.53 Å². The molecule has 2 heterocycles. The third kappa shape index (κ3) is 2.15. The van der Waals surface area contributed by atoms with Crippen molar-refractivity contribution in [1.82, 2.24) is 0 Å². The number of fused-ring (bicyclic) bond motifs is 1. The third-order valence-corrected chi connectivity index (χ3v) is 3.11. The number of furan rings is 1. The van der Waals surface area contributed by atoms with Crippen molar-refractivity contribution < 1.29 is 19.1 Å². The molecule has 1 N–H and O–H groups in total. The highest BCUT2D eigenvalue weighted by Gasteiger charge is 2.33. The predicted octanol–water partition coefficient (Wildman–Crippen LogP) is 3.11. The van der Waals surface area contributed by atoms with Crippen LogP contribution in [-0.4, -0.2) is 16.5 Å². The lowest BCUT2D eigenvalue weighted by Crippen LogP contribution is -2.31. The minimum absolute atomic E-state index is 0.129. The number of hydrogen-bond donors (Lipinski definition) is 1. The molecule has 0 saturated carbocycles. The maximum atomic E-state index is 11.9. The van der Waals surface area contributed by atoms with Crippen LogP contribution in [0.15, 0.2) is 40.8 Å². The van der Waals surface area contributed by atoms with Crippen LogP contribution >= 0.6 is 0 Å². The van der Waals surface area contributed by atoms with Gasteiger partial charge in [-0.25, -0.2) is 0 Å². The van der Waals surface area contributed by atoms with Crippen LogP contribution in [0.1, 0.15) is 25.7 Å². The summed E-state index contributed by atoms with van der Waals surface area (Å²) in [5.41, 5.74) is 0.0402. The van der Waals surface area contributed by atoms with Crippen molar-refractivity contribution in [2.75, 3.05) is 0 Å². The molecule has 19 heavy (non-hydrogen) atoms. The van der Waals surface area contributed by atoms with E-state index in [1.807, 2.05) is 13.8 Å². The number of carbonyl (C=O) groups is 1. The molecule has 1 aromatic heterocycles. The molecular weight excluding hydrogens is 244 g/mol. The first-order chi connectivity index (χ1) is 8.94. The molecule has 4 nitrogen and oxygen atoms in total. The van der Waals surface area contributed by atoms with Crippen LogP contribution in [0.2, 0.25) is 0 Å². The Morgan fingerprint density at radius 2 is 2.05 bits per heavy atom. The fourth-order valence-corrected chi connectivity index (χ4v) is 2.14. The van der Waals surface area contributed by atoms with Gasteiger partial charge >= 0.3 is 0 Å². The van der Waals surface area contributed by atoms with Gasteiger partial charge in [0.15, 0.2) is 11.9 Å². The second-order valence-corrected chi connectivity index (χ2v) is 5.21. The maximum Gasteiger partial charge on any atom is 0.192 e. The van der Waals surface area contributed by atoms with Crippen molar-refractivity contribution in [3.8, 4) is 5.75 Å². The fraction of sp³-hybridized carbons (Fsp3) is 0.267. The van der Waals surface area contributed by atoms with Gasteiger partial charge in [-0.1, -0.05) is 0 Å². The number of hydrogen-bond acceptors (Lipinski definition) is 4. The smallest absolute Gasteiger partial charge is 0.192 e. The Hall–Kier alpha value is -2.07. The van der Waals surface area contributed by atoms with E-state index in [9.17, 15) is 9.90 Å². The van der Waals surface area contributed by atoms with Gasteiger partial charge in [0.25, 0.3) is 0 Å². The summed E-state index contributed by atoms with van der Waals surface area (Å²) < 4.78 is 11.4. The van der Waals surface area contributed by atoms with E-state index in [1.165, 1.54) is 12.1 Å². The summed E-state index contributed by atoms with van der Waals surface area (Å²) in [7, 11) is 0. The zero-order valence-electron chi connectivity index (χ0n) is 10.7. The first-order valence-electron chi connectivity index (χ1n) is 6.08. The van der Waals surface area contributed by atoms with E-state index < -0.39 is 11.7 Å².